The number of nitrogens with one attached hydrogen (secondary N) is 10. The number of carbonyl (C=O) groups excluding carboxylic acids is 5. The largest absolute Gasteiger partial charge is 0.493 e. The molecule has 664 valence electrons. The molecule has 0 fully saturated rings. The molecule has 52 heteroatoms. The fraction of sp³-hybridized carbons (Fsp3) is 0.156. The smallest absolute Gasteiger partial charge is 0.268 e. The Labute approximate surface area is 742 Å². The first kappa shape index (κ1) is 94.5. The van der Waals surface area contributed by atoms with Crippen molar-refractivity contribution in [2.75, 3.05) is 59.3 Å². The molecule has 0 aliphatic carbocycles. The van der Waals surface area contributed by atoms with E-state index in [1.165, 1.54) is 54.2 Å². The van der Waals surface area contributed by atoms with E-state index in [-0.39, 0.29) is 108 Å². The molecule has 5 aliphatic heterocycles. The van der Waals surface area contributed by atoms with Crippen LogP contribution >= 0.6 is 62.3 Å². The summed E-state index contributed by atoms with van der Waals surface area (Å²) in [6.45, 7) is 5.58. The lowest BCUT2D eigenvalue weighted by molar-refractivity contribution is 0.101. The van der Waals surface area contributed by atoms with Gasteiger partial charge in [-0.25, -0.2) is 30.7 Å². The lowest BCUT2D eigenvalue weighted by Crippen LogP contribution is -2.26. The molecule has 10 heterocycles. The summed E-state index contributed by atoms with van der Waals surface area (Å²) in [7, 11) is 0. The van der Waals surface area contributed by atoms with Gasteiger partial charge in [-0.05, 0) is 97.1 Å². The number of benzene rings is 5. The summed E-state index contributed by atoms with van der Waals surface area (Å²) in [6, 6.07) is 15.9. The molecule has 10 aromatic rings. The average Bonchev–Trinajstić information content (AvgIpc) is 1.74. The Morgan fingerprint density at radius 1 is 0.364 bits per heavy atom. The van der Waals surface area contributed by atoms with E-state index >= 15 is 0 Å². The van der Waals surface area contributed by atoms with Gasteiger partial charge in [-0.15, -0.1) is 0 Å². The molecule has 0 spiro atoms. The third-order valence-corrected chi connectivity index (χ3v) is 19.2. The Balaban J connectivity index is 0.000000156. The predicted molar refractivity (Wildman–Crippen MR) is 465 cm³/mol. The molecule has 5 aliphatic rings. The zero-order chi connectivity index (χ0) is 93.2. The molecule has 0 bridgehead atoms. The Morgan fingerprint density at radius 3 is 1.02 bits per heavy atom. The second kappa shape index (κ2) is 42.7. The number of hydrogen-bond acceptors (Lipinski definition) is 35. The molecular formula is C77H62F7N25O15S5. The van der Waals surface area contributed by atoms with Gasteiger partial charge in [0.1, 0.15) is 69.7 Å². The van der Waals surface area contributed by atoms with Gasteiger partial charge in [0.15, 0.2) is 33.0 Å². The fourth-order valence-electron chi connectivity index (χ4n) is 11.4. The minimum absolute atomic E-state index is 0.0165. The van der Waals surface area contributed by atoms with Crippen LogP contribution in [0.2, 0.25) is 0 Å². The summed E-state index contributed by atoms with van der Waals surface area (Å²) in [6.07, 6.45) is 8.18. The highest BCUT2D eigenvalue weighted by Gasteiger charge is 2.29. The number of anilines is 5. The van der Waals surface area contributed by atoms with Crippen molar-refractivity contribution < 1.29 is 80.2 Å². The van der Waals surface area contributed by atoms with Gasteiger partial charge < -0.3 is 77.0 Å². The topological polar surface area (TPSA) is 599 Å². The first-order valence-corrected chi connectivity index (χ1v) is 40.1. The van der Waals surface area contributed by atoms with E-state index in [9.17, 15) is 104 Å². The van der Waals surface area contributed by atoms with Gasteiger partial charge in [0.2, 0.25) is 29.4 Å². The summed E-state index contributed by atoms with van der Waals surface area (Å²) in [5, 5.41) is 97.7. The number of aromatic hydroxyl groups is 5. The molecule has 5 aromatic heterocycles. The minimum atomic E-state index is -1.22. The van der Waals surface area contributed by atoms with Crippen LogP contribution < -0.4 is 54.4 Å². The number of thiol groups is 4. The normalized spacial score (nSPS) is 13.0. The Kier molecular flexibility index (Phi) is 31.2. The Hall–Kier alpha value is -15.2. The number of aromatic nitrogens is 10. The lowest BCUT2D eigenvalue weighted by Gasteiger charge is -2.10. The van der Waals surface area contributed by atoms with Crippen molar-refractivity contribution in [3.63, 3.8) is 0 Å². The number of aromatic amines is 5. The van der Waals surface area contributed by atoms with Crippen molar-refractivity contribution in [3.05, 3.63) is 281 Å². The third-order valence-electron chi connectivity index (χ3n) is 17.1. The average molecular weight is 1870 g/mol. The van der Waals surface area contributed by atoms with Crippen molar-refractivity contribution in [1.82, 2.24) is 49.8 Å². The maximum absolute atomic E-state index is 14.3. The van der Waals surface area contributed by atoms with Crippen LogP contribution in [-0.4, -0.2) is 143 Å². The zero-order valence-electron chi connectivity index (χ0n) is 65.7. The summed E-state index contributed by atoms with van der Waals surface area (Å²) in [5.41, 5.74) is -5.85. The molecule has 15 rings (SSSR count). The van der Waals surface area contributed by atoms with E-state index in [1.807, 2.05) is 19.2 Å². The molecule has 0 saturated heterocycles. The summed E-state index contributed by atoms with van der Waals surface area (Å²) in [4.78, 5) is 151. The number of H-pyrrole nitrogens is 5. The second-order valence-electron chi connectivity index (χ2n) is 26.3. The highest BCUT2D eigenvalue weighted by atomic mass is 32.2. The van der Waals surface area contributed by atoms with Gasteiger partial charge in [0.05, 0.1) is 78.1 Å². The molecule has 0 saturated carbocycles. The van der Waals surface area contributed by atoms with Crippen LogP contribution in [0.4, 0.5) is 59.2 Å². The second-order valence-corrected chi connectivity index (χ2v) is 29.1. The number of rotatable bonds is 21. The van der Waals surface area contributed by atoms with Gasteiger partial charge in [-0.2, -0.15) is 127 Å². The third kappa shape index (κ3) is 23.5. The maximum Gasteiger partial charge on any atom is 0.268 e. The molecule has 15 N–H and O–H groups in total. The van der Waals surface area contributed by atoms with Crippen LogP contribution in [0, 0.1) is 40.7 Å². The van der Waals surface area contributed by atoms with Crippen LogP contribution in [0.5, 0.6) is 29.4 Å². The number of halogens is 7. The molecular weight excluding hydrogens is 1810 g/mol. The molecule has 0 radical (unpaired) electrons. The maximum atomic E-state index is 14.3. The number of azo groups is 5. The molecule has 0 atom stereocenters. The van der Waals surface area contributed by atoms with Crippen molar-refractivity contribution in [2.45, 2.75) is 47.3 Å². The van der Waals surface area contributed by atoms with Crippen molar-refractivity contribution in [1.29, 1.82) is 0 Å². The number of nitrogens with zero attached hydrogens (tertiary/aromatic N) is 15. The molecule has 40 nitrogen and oxygen atoms in total. The van der Waals surface area contributed by atoms with E-state index in [1.54, 1.807) is 36.4 Å². The van der Waals surface area contributed by atoms with E-state index < -0.39 is 161 Å². The van der Waals surface area contributed by atoms with Crippen LogP contribution in [0.25, 0.3) is 28.5 Å². The monoisotopic (exact) mass is 1870 g/mol. The Morgan fingerprint density at radius 2 is 0.682 bits per heavy atom. The van der Waals surface area contributed by atoms with Gasteiger partial charge >= 0.3 is 0 Å². The first-order valence-electron chi connectivity index (χ1n) is 36.7. The first-order chi connectivity index (χ1) is 61.6. The van der Waals surface area contributed by atoms with Gasteiger partial charge in [-0.3, -0.25) is 47.9 Å². The summed E-state index contributed by atoms with van der Waals surface area (Å²) >= 11 is 16.8. The van der Waals surface area contributed by atoms with Gasteiger partial charge in [0, 0.05) is 61.9 Å². The number of carbonyl (C=O) groups is 5. The molecule has 129 heavy (non-hydrogen) atoms. The highest BCUT2D eigenvalue weighted by molar-refractivity contribution is 7.99. The zero-order valence-corrected chi connectivity index (χ0v) is 70.1. The van der Waals surface area contributed by atoms with Crippen molar-refractivity contribution in [2.24, 2.45) is 51.1 Å². The fourth-order valence-corrected chi connectivity index (χ4v) is 12.7. The summed E-state index contributed by atoms with van der Waals surface area (Å²) < 4.78 is 99.6. The standard InChI is InChI=1S/C17H16FN5O3S.2C15H11F2N5O3S.2C15H12FN5O3S/c1-8(2)27-17-21-15(25)13(16(26)22-17)14(24)20-12-4-3-9(7-10(12)18)11-5-6-19-23-11;16-7-3-6(4-8(17)11(7)9-1-2-18-22-9)19-13(23)12-14(24)20-10(5-26)21-15(12)25;16-7-3-6(9-1-2-18-22-9)4-8(17)12(7)21-15(25)11-13(23)19-10(5-26)20-14(11)24;16-8-5-7(9-3-4-17-21-9)1-2-10(8)18-13(22)12-14(23)19-11(6-25)20-15(12)24;16-9-5-7(1-2-8(9)10-3-4-17-21-10)18-13(22)12-14(23)19-11(6-25)20-15(12)24/h3-5,7-8H,6H2,1-2H3,(H,20,24)(H2,21,22,25,26);1,3-4,26H,2,5H2,(H,19,23)(H2,20,21,24,25);1,3-4,26H,2,5H2,(H,21,25)(H2,19,20,23,24);2*1-3,5,25H,4,6H2,(H,18,22)(H2,19,20,23,24). The summed E-state index contributed by atoms with van der Waals surface area (Å²) in [5.74, 6) is -14.6. The number of thioether (sulfide) groups is 1. The van der Waals surface area contributed by atoms with E-state index in [2.05, 4.69) is 173 Å². The van der Waals surface area contributed by atoms with Crippen LogP contribution in [0.1, 0.15) is 117 Å². The van der Waals surface area contributed by atoms with Crippen molar-refractivity contribution >= 4 is 149 Å². The van der Waals surface area contributed by atoms with E-state index in [4.69, 9.17) is 0 Å². The van der Waals surface area contributed by atoms with E-state index in [0.717, 1.165) is 30.3 Å². The van der Waals surface area contributed by atoms with Gasteiger partial charge in [-0.1, -0.05) is 37.7 Å². The molecule has 5 amide bonds. The molecule has 5 aromatic carbocycles. The lowest BCUT2D eigenvalue weighted by atomic mass is 10.1. The van der Waals surface area contributed by atoms with Crippen LogP contribution in [0.3, 0.4) is 0 Å². The number of hydrogen-bond donors (Lipinski definition) is 19. The van der Waals surface area contributed by atoms with Crippen LogP contribution in [-0.2, 0) is 23.0 Å². The number of amides is 5. The quantitative estimate of drug-likeness (QED) is 0.0137. The molecule has 0 unspecified atom stereocenters. The Bertz CT molecular complexity index is 6810. The van der Waals surface area contributed by atoms with Crippen molar-refractivity contribution in [3.8, 4) is 29.4 Å². The highest BCUT2D eigenvalue weighted by Crippen LogP contribution is 2.34. The van der Waals surface area contributed by atoms with Gasteiger partial charge in [0.25, 0.3) is 57.3 Å². The van der Waals surface area contributed by atoms with Crippen LogP contribution in [0.15, 0.2) is 190 Å². The minimum Gasteiger partial charge on any atom is -0.493 e. The predicted octanol–water partition coefficient (Wildman–Crippen LogP) is 11.9. The van der Waals surface area contributed by atoms with E-state index in [0.29, 0.717) is 60.1 Å². The SMILES string of the molecule is CC(C)Sc1nc(O)c(C(=O)Nc2ccc(C3=CCN=N3)cc2F)c(=O)[nH]1.O=C(Nc1c(F)cc(C2=CCN=N2)cc1F)c1c(O)nc(CS)[nH]c1=O.O=C(Nc1cc(F)c(C2=CCN=N2)c(F)c1)c1c(O)nc(CS)[nH]c1=O.O=C(Nc1ccc(C2=CCN=N2)c(F)c1)c1c(O)nc(CS)[nH]c1=O.O=C(Nc1ccc(C2=CCN=N2)cc1F)c1c(O)nc(CS)[nH]c1=O.